The Balaban J connectivity index is 3.15. The number of carbonyl (C=O) groups is 3. The number of nitrogens with one attached hydrogen (secondary N) is 1. The van der Waals surface area contributed by atoms with Gasteiger partial charge in [-0.05, 0) is 19.8 Å². The van der Waals surface area contributed by atoms with Crippen molar-refractivity contribution in [1.29, 1.82) is 0 Å². The Morgan fingerprint density at radius 2 is 0.967 bits per heavy atom. The van der Waals surface area contributed by atoms with Crippen molar-refractivity contribution in [2.75, 3.05) is 13.1 Å². The number of hydrogen-bond acceptors (Lipinski definition) is 5. The maximum absolute atomic E-state index is 11.3. The van der Waals surface area contributed by atoms with Crippen molar-refractivity contribution in [2.24, 2.45) is 5.73 Å². The van der Waals surface area contributed by atoms with Gasteiger partial charge in [-0.2, -0.15) is 0 Å². The number of hydrogen-bond donors (Lipinski definition) is 2. The van der Waals surface area contributed by atoms with Gasteiger partial charge in [-0.1, -0.05) is 89.9 Å². The second-order valence-electron chi connectivity index (χ2n) is 8.16. The van der Waals surface area contributed by atoms with Crippen LogP contribution in [0.2, 0.25) is 0 Å². The predicted molar refractivity (Wildman–Crippen MR) is 122 cm³/mol. The third kappa shape index (κ3) is 21.3. The highest BCUT2D eigenvalue weighted by Gasteiger charge is 2.07. The number of esters is 2. The molecule has 0 aromatic heterocycles. The molecular formula is C24H46N2O4. The van der Waals surface area contributed by atoms with Crippen molar-refractivity contribution in [3.63, 3.8) is 0 Å². The van der Waals surface area contributed by atoms with Crippen LogP contribution in [0.4, 0.5) is 0 Å². The number of carbonyl (C=O) groups excluding carboxylic acids is 3. The molecule has 0 aromatic carbocycles. The molecule has 0 atom stereocenters. The molecule has 0 heterocycles. The summed E-state index contributed by atoms with van der Waals surface area (Å²) >= 11 is 0. The first-order chi connectivity index (χ1) is 14.6. The summed E-state index contributed by atoms with van der Waals surface area (Å²) < 4.78 is 4.53. The van der Waals surface area contributed by atoms with E-state index in [0.29, 0.717) is 12.8 Å². The lowest BCUT2D eigenvalue weighted by Gasteiger charge is -2.04. The van der Waals surface area contributed by atoms with E-state index in [0.717, 1.165) is 32.2 Å². The lowest BCUT2D eigenvalue weighted by atomic mass is 10.0. The van der Waals surface area contributed by atoms with Gasteiger partial charge in [-0.25, -0.2) is 0 Å². The molecule has 6 heteroatoms. The number of unbranched alkanes of at least 4 members (excludes halogenated alkanes) is 15. The first-order valence-electron chi connectivity index (χ1n) is 12.3. The van der Waals surface area contributed by atoms with Gasteiger partial charge in [0.1, 0.15) is 0 Å². The Bertz CT molecular complexity index is 441. The van der Waals surface area contributed by atoms with Crippen LogP contribution in [0.15, 0.2) is 0 Å². The molecule has 0 radical (unpaired) electrons. The molecule has 0 spiro atoms. The summed E-state index contributed by atoms with van der Waals surface area (Å²) in [4.78, 5) is 33.5. The molecule has 0 unspecified atom stereocenters. The largest absolute Gasteiger partial charge is 0.392 e. The average molecular weight is 427 g/mol. The van der Waals surface area contributed by atoms with Gasteiger partial charge in [0.2, 0.25) is 5.91 Å². The van der Waals surface area contributed by atoms with Crippen LogP contribution in [0.25, 0.3) is 0 Å². The van der Waals surface area contributed by atoms with Crippen molar-refractivity contribution in [2.45, 2.75) is 122 Å². The summed E-state index contributed by atoms with van der Waals surface area (Å²) in [5, 5.41) is 2.84. The minimum Gasteiger partial charge on any atom is -0.392 e. The normalized spacial score (nSPS) is 10.7. The quantitative estimate of drug-likeness (QED) is 0.150. The number of rotatable bonds is 21. The Kier molecular flexibility index (Phi) is 21.2. The molecule has 0 aliphatic carbocycles. The number of nitrogens with two attached hydrogens (primary N) is 1. The highest BCUT2D eigenvalue weighted by atomic mass is 16.6. The summed E-state index contributed by atoms with van der Waals surface area (Å²) in [5.74, 6) is -0.913. The molecule has 30 heavy (non-hydrogen) atoms. The molecule has 0 saturated carbocycles. The first kappa shape index (κ1) is 28.6. The standard InChI is InChI=1S/C24H46N2O4/c1-2-26-22(27)19-17-15-13-11-9-7-5-3-4-6-8-10-12-14-16-18-20-23(28)30-24(29)21-25/h2-21,25H2,1H3,(H,26,27). The lowest BCUT2D eigenvalue weighted by Crippen LogP contribution is -2.21. The number of ether oxygens (including phenoxy) is 1. The molecule has 0 rings (SSSR count). The van der Waals surface area contributed by atoms with Crippen LogP contribution in [0, 0.1) is 0 Å². The van der Waals surface area contributed by atoms with Crippen molar-refractivity contribution < 1.29 is 19.1 Å². The van der Waals surface area contributed by atoms with Crippen molar-refractivity contribution in [3.05, 3.63) is 0 Å². The van der Waals surface area contributed by atoms with E-state index in [1.165, 1.54) is 77.0 Å². The zero-order valence-corrected chi connectivity index (χ0v) is 19.4. The average Bonchev–Trinajstić information content (AvgIpc) is 2.72. The SMILES string of the molecule is CCNC(=O)CCCCCCCCCCCCCCCCCCC(=O)OC(=O)CN. The molecule has 0 bridgehead atoms. The fraction of sp³-hybridized carbons (Fsp3) is 0.875. The molecule has 1 amide bonds. The molecule has 3 N–H and O–H groups in total. The molecule has 0 fully saturated rings. The van der Waals surface area contributed by atoms with Crippen LogP contribution in [0.5, 0.6) is 0 Å². The van der Waals surface area contributed by atoms with Gasteiger partial charge < -0.3 is 15.8 Å². The van der Waals surface area contributed by atoms with Gasteiger partial charge in [0.25, 0.3) is 0 Å². The second kappa shape index (κ2) is 22.3. The summed E-state index contributed by atoms with van der Waals surface area (Å²) in [6.45, 7) is 2.45. The fourth-order valence-corrected chi connectivity index (χ4v) is 3.53. The maximum Gasteiger partial charge on any atom is 0.327 e. The third-order valence-electron chi connectivity index (χ3n) is 5.30. The zero-order chi connectivity index (χ0) is 22.3. The zero-order valence-electron chi connectivity index (χ0n) is 19.4. The van der Waals surface area contributed by atoms with Gasteiger partial charge in [0, 0.05) is 19.4 Å². The lowest BCUT2D eigenvalue weighted by molar-refractivity contribution is -0.158. The highest BCUT2D eigenvalue weighted by molar-refractivity contribution is 5.86. The van der Waals surface area contributed by atoms with Crippen LogP contribution in [-0.2, 0) is 19.1 Å². The minimum atomic E-state index is -0.648. The van der Waals surface area contributed by atoms with E-state index < -0.39 is 11.9 Å². The first-order valence-corrected chi connectivity index (χ1v) is 12.3. The molecule has 0 aromatic rings. The summed E-state index contributed by atoms with van der Waals surface area (Å²) in [6, 6.07) is 0. The molecule has 176 valence electrons. The van der Waals surface area contributed by atoms with E-state index in [4.69, 9.17) is 5.73 Å². The summed E-state index contributed by atoms with van der Waals surface area (Å²) in [5.41, 5.74) is 5.09. The monoisotopic (exact) mass is 426 g/mol. The van der Waals surface area contributed by atoms with Crippen molar-refractivity contribution >= 4 is 17.8 Å². The van der Waals surface area contributed by atoms with Crippen LogP contribution >= 0.6 is 0 Å². The summed E-state index contributed by atoms with van der Waals surface area (Å²) in [6.07, 6.45) is 20.5. The smallest absolute Gasteiger partial charge is 0.327 e. The molecular weight excluding hydrogens is 380 g/mol. The molecule has 0 aliphatic rings. The molecule has 0 saturated heterocycles. The van der Waals surface area contributed by atoms with E-state index in [2.05, 4.69) is 10.1 Å². The van der Waals surface area contributed by atoms with Crippen LogP contribution in [-0.4, -0.2) is 30.9 Å². The maximum atomic E-state index is 11.3. The Morgan fingerprint density at radius 3 is 1.33 bits per heavy atom. The fourth-order valence-electron chi connectivity index (χ4n) is 3.53. The second-order valence-corrected chi connectivity index (χ2v) is 8.16. The van der Waals surface area contributed by atoms with Crippen LogP contribution in [0.3, 0.4) is 0 Å². The van der Waals surface area contributed by atoms with Gasteiger partial charge >= 0.3 is 11.9 Å². The predicted octanol–water partition coefficient (Wildman–Crippen LogP) is 5.17. The Hall–Kier alpha value is -1.43. The van der Waals surface area contributed by atoms with E-state index >= 15 is 0 Å². The molecule has 0 aliphatic heterocycles. The van der Waals surface area contributed by atoms with E-state index in [1.807, 2.05) is 6.92 Å². The van der Waals surface area contributed by atoms with E-state index in [1.54, 1.807) is 0 Å². The Morgan fingerprint density at radius 1 is 0.600 bits per heavy atom. The van der Waals surface area contributed by atoms with Crippen LogP contribution in [0.1, 0.15) is 122 Å². The van der Waals surface area contributed by atoms with Gasteiger partial charge in [-0.3, -0.25) is 14.4 Å². The van der Waals surface area contributed by atoms with Gasteiger partial charge in [0.15, 0.2) is 0 Å². The summed E-state index contributed by atoms with van der Waals surface area (Å²) in [7, 11) is 0. The van der Waals surface area contributed by atoms with Crippen LogP contribution < -0.4 is 11.1 Å². The molecule has 6 nitrogen and oxygen atoms in total. The van der Waals surface area contributed by atoms with Gasteiger partial charge in [0.05, 0.1) is 6.54 Å². The third-order valence-corrected chi connectivity index (χ3v) is 5.30. The number of amides is 1. The highest BCUT2D eigenvalue weighted by Crippen LogP contribution is 2.14. The minimum absolute atomic E-state index is 0.192. The topological polar surface area (TPSA) is 98.5 Å². The van der Waals surface area contributed by atoms with Crippen molar-refractivity contribution in [1.82, 2.24) is 5.32 Å². The Labute approximate surface area is 184 Å². The van der Waals surface area contributed by atoms with Crippen molar-refractivity contribution in [3.8, 4) is 0 Å². The van der Waals surface area contributed by atoms with E-state index in [9.17, 15) is 14.4 Å². The van der Waals surface area contributed by atoms with E-state index in [-0.39, 0.29) is 12.5 Å². The van der Waals surface area contributed by atoms with Gasteiger partial charge in [-0.15, -0.1) is 0 Å².